The molecule has 3 aromatic rings. The number of rotatable bonds is 6. The third-order valence-corrected chi connectivity index (χ3v) is 4.78. The summed E-state index contributed by atoms with van der Waals surface area (Å²) in [6.07, 6.45) is 0.113. The second-order valence-corrected chi connectivity index (χ2v) is 6.80. The van der Waals surface area contributed by atoms with Crippen molar-refractivity contribution in [3.05, 3.63) is 54.1 Å². The number of fused-ring (bicyclic) bond motifs is 1. The van der Waals surface area contributed by atoms with E-state index in [1.807, 2.05) is 36.4 Å². The van der Waals surface area contributed by atoms with E-state index in [4.69, 9.17) is 4.74 Å². The summed E-state index contributed by atoms with van der Waals surface area (Å²) in [5, 5.41) is 6.19. The lowest BCUT2D eigenvalue weighted by Gasteiger charge is -2.18. The Hall–Kier alpha value is -2.93. The number of para-hydroxylation sites is 1. The van der Waals surface area contributed by atoms with Crippen LogP contribution >= 0.6 is 11.3 Å². The minimum Gasteiger partial charge on any atom is -0.497 e. The molecule has 1 atom stereocenters. The van der Waals surface area contributed by atoms with E-state index in [9.17, 15) is 9.59 Å². The zero-order chi connectivity index (χ0) is 18.5. The van der Waals surface area contributed by atoms with Crippen molar-refractivity contribution in [3.8, 4) is 5.75 Å². The maximum Gasteiger partial charge on any atom is 0.228 e. The number of nitrogens with one attached hydrogen (secondary N) is 2. The topological polar surface area (TPSA) is 80.3 Å². The van der Waals surface area contributed by atoms with Crippen molar-refractivity contribution in [3.63, 3.8) is 0 Å². The Kier molecular flexibility index (Phi) is 5.48. The van der Waals surface area contributed by atoms with Crippen molar-refractivity contribution in [2.24, 2.45) is 0 Å². The Morgan fingerprint density at radius 2 is 1.88 bits per heavy atom. The summed E-state index contributed by atoms with van der Waals surface area (Å²) in [6.45, 7) is 1.43. The van der Waals surface area contributed by atoms with Crippen LogP contribution in [0, 0.1) is 0 Å². The van der Waals surface area contributed by atoms with Crippen molar-refractivity contribution in [2.45, 2.75) is 19.4 Å². The van der Waals surface area contributed by atoms with E-state index in [-0.39, 0.29) is 18.2 Å². The van der Waals surface area contributed by atoms with Crippen LogP contribution in [-0.2, 0) is 9.59 Å². The molecule has 0 spiro atoms. The van der Waals surface area contributed by atoms with E-state index in [0.717, 1.165) is 15.8 Å². The van der Waals surface area contributed by atoms with Crippen LogP contribution in [0.15, 0.2) is 48.5 Å². The van der Waals surface area contributed by atoms with Gasteiger partial charge in [0.05, 0.1) is 29.8 Å². The van der Waals surface area contributed by atoms with Crippen molar-refractivity contribution in [1.29, 1.82) is 0 Å². The molecule has 2 N–H and O–H groups in total. The van der Waals surface area contributed by atoms with Crippen molar-refractivity contribution < 1.29 is 14.3 Å². The Morgan fingerprint density at radius 3 is 2.54 bits per heavy atom. The molecule has 6 nitrogen and oxygen atoms in total. The highest BCUT2D eigenvalue weighted by Gasteiger charge is 2.18. The molecule has 0 aliphatic carbocycles. The van der Waals surface area contributed by atoms with Gasteiger partial charge in [-0.2, -0.15) is 0 Å². The van der Waals surface area contributed by atoms with Gasteiger partial charge in [-0.15, -0.1) is 0 Å². The van der Waals surface area contributed by atoms with Crippen molar-refractivity contribution in [1.82, 2.24) is 10.3 Å². The number of thiazole rings is 1. The molecule has 1 heterocycles. The van der Waals surface area contributed by atoms with Gasteiger partial charge in [-0.05, 0) is 29.8 Å². The van der Waals surface area contributed by atoms with E-state index >= 15 is 0 Å². The zero-order valence-corrected chi connectivity index (χ0v) is 15.3. The predicted octanol–water partition coefficient (Wildman–Crippen LogP) is 3.51. The number of carbonyl (C=O) groups excluding carboxylic acids is 2. The van der Waals surface area contributed by atoms with Gasteiger partial charge in [0.25, 0.3) is 0 Å². The number of amides is 2. The Labute approximate surface area is 155 Å². The molecular formula is C19H19N3O3S. The smallest absolute Gasteiger partial charge is 0.228 e. The molecule has 26 heavy (non-hydrogen) atoms. The fourth-order valence-corrected chi connectivity index (χ4v) is 3.50. The molecule has 0 aliphatic rings. The fraction of sp³-hybridized carbons (Fsp3) is 0.211. The van der Waals surface area contributed by atoms with Gasteiger partial charge < -0.3 is 15.4 Å². The number of benzene rings is 2. The second kappa shape index (κ2) is 7.97. The van der Waals surface area contributed by atoms with E-state index in [1.54, 1.807) is 19.2 Å². The normalized spacial score (nSPS) is 11.8. The summed E-state index contributed by atoms with van der Waals surface area (Å²) in [5.41, 5.74) is 1.68. The SMILES string of the molecule is COc1ccc([C@H](CC(=O)Nc2nc3ccccc3s2)NC(C)=O)cc1. The molecule has 0 radical (unpaired) electrons. The molecule has 0 unspecified atom stereocenters. The number of hydrogen-bond acceptors (Lipinski definition) is 5. The molecule has 0 bridgehead atoms. The lowest BCUT2D eigenvalue weighted by Crippen LogP contribution is -2.29. The van der Waals surface area contributed by atoms with Crippen LogP contribution in [0.4, 0.5) is 5.13 Å². The maximum atomic E-state index is 12.5. The van der Waals surface area contributed by atoms with Crippen LogP contribution in [-0.4, -0.2) is 23.9 Å². The Morgan fingerprint density at radius 1 is 1.15 bits per heavy atom. The average Bonchev–Trinajstić information content (AvgIpc) is 3.03. The molecule has 134 valence electrons. The first-order valence-corrected chi connectivity index (χ1v) is 8.93. The largest absolute Gasteiger partial charge is 0.497 e. The monoisotopic (exact) mass is 369 g/mol. The highest BCUT2D eigenvalue weighted by Crippen LogP contribution is 2.26. The Bertz CT molecular complexity index is 888. The van der Waals surface area contributed by atoms with Crippen molar-refractivity contribution >= 4 is 38.5 Å². The number of anilines is 1. The van der Waals surface area contributed by atoms with Gasteiger partial charge in [0, 0.05) is 6.92 Å². The maximum absolute atomic E-state index is 12.5. The lowest BCUT2D eigenvalue weighted by atomic mass is 10.0. The average molecular weight is 369 g/mol. The summed E-state index contributed by atoms with van der Waals surface area (Å²) < 4.78 is 6.16. The second-order valence-electron chi connectivity index (χ2n) is 5.77. The molecule has 7 heteroatoms. The molecule has 2 aromatic carbocycles. The van der Waals surface area contributed by atoms with Crippen molar-refractivity contribution in [2.75, 3.05) is 12.4 Å². The summed E-state index contributed by atoms with van der Waals surface area (Å²) in [7, 11) is 1.59. The first-order valence-electron chi connectivity index (χ1n) is 8.11. The van der Waals surface area contributed by atoms with Crippen LogP contribution in [0.1, 0.15) is 24.9 Å². The highest BCUT2D eigenvalue weighted by atomic mass is 32.1. The summed E-state index contributed by atoms with van der Waals surface area (Å²) >= 11 is 1.42. The summed E-state index contributed by atoms with van der Waals surface area (Å²) in [5.74, 6) is 0.312. The van der Waals surface area contributed by atoms with Gasteiger partial charge >= 0.3 is 0 Å². The van der Waals surface area contributed by atoms with Crippen LogP contribution in [0.25, 0.3) is 10.2 Å². The molecule has 1 aromatic heterocycles. The minimum absolute atomic E-state index is 0.113. The standard InChI is InChI=1S/C19H19N3O3S/c1-12(23)20-16(13-7-9-14(25-2)10-8-13)11-18(24)22-19-21-15-5-3-4-6-17(15)26-19/h3-10,16H,11H2,1-2H3,(H,20,23)(H,21,22,24)/t16-/m0/s1. The quantitative estimate of drug-likeness (QED) is 0.697. The van der Waals surface area contributed by atoms with E-state index in [1.165, 1.54) is 18.3 Å². The molecule has 0 saturated heterocycles. The third kappa shape index (κ3) is 4.37. The van der Waals surface area contributed by atoms with E-state index in [2.05, 4.69) is 15.6 Å². The van der Waals surface area contributed by atoms with Crippen LogP contribution < -0.4 is 15.4 Å². The fourth-order valence-electron chi connectivity index (χ4n) is 2.62. The molecule has 2 amide bonds. The van der Waals surface area contributed by atoms with Crippen LogP contribution in [0.3, 0.4) is 0 Å². The number of nitrogens with zero attached hydrogens (tertiary/aromatic N) is 1. The summed E-state index contributed by atoms with van der Waals surface area (Å²) in [6, 6.07) is 14.6. The first kappa shape index (κ1) is 17.9. The number of aromatic nitrogens is 1. The van der Waals surface area contributed by atoms with Gasteiger partial charge in [-0.3, -0.25) is 9.59 Å². The number of methoxy groups -OCH3 is 1. The van der Waals surface area contributed by atoms with Gasteiger partial charge in [-0.25, -0.2) is 4.98 Å². The molecule has 0 fully saturated rings. The number of hydrogen-bond donors (Lipinski definition) is 2. The van der Waals surface area contributed by atoms with E-state index in [0.29, 0.717) is 10.9 Å². The number of ether oxygens (including phenoxy) is 1. The van der Waals surface area contributed by atoms with Gasteiger partial charge in [0.15, 0.2) is 5.13 Å². The Balaban J connectivity index is 1.72. The van der Waals surface area contributed by atoms with E-state index < -0.39 is 6.04 Å². The van der Waals surface area contributed by atoms with Crippen LogP contribution in [0.5, 0.6) is 5.75 Å². The third-order valence-electron chi connectivity index (χ3n) is 3.83. The summed E-state index contributed by atoms with van der Waals surface area (Å²) in [4.78, 5) is 28.4. The van der Waals surface area contributed by atoms with Crippen LogP contribution in [0.2, 0.25) is 0 Å². The minimum atomic E-state index is -0.423. The lowest BCUT2D eigenvalue weighted by molar-refractivity contribution is -0.120. The molecular weight excluding hydrogens is 350 g/mol. The zero-order valence-electron chi connectivity index (χ0n) is 14.5. The predicted molar refractivity (Wildman–Crippen MR) is 102 cm³/mol. The van der Waals surface area contributed by atoms with Gasteiger partial charge in [0.2, 0.25) is 11.8 Å². The molecule has 3 rings (SSSR count). The number of carbonyl (C=O) groups is 2. The first-order chi connectivity index (χ1) is 12.5. The highest BCUT2D eigenvalue weighted by molar-refractivity contribution is 7.22. The van der Waals surface area contributed by atoms with Gasteiger partial charge in [-0.1, -0.05) is 35.6 Å². The van der Waals surface area contributed by atoms with Gasteiger partial charge in [0.1, 0.15) is 5.75 Å². The molecule has 0 aliphatic heterocycles. The molecule has 0 saturated carbocycles.